The van der Waals surface area contributed by atoms with Crippen LogP contribution < -0.4 is 0 Å². The maximum absolute atomic E-state index is 12.7. The summed E-state index contributed by atoms with van der Waals surface area (Å²) < 4.78 is 30.6. The Kier molecular flexibility index (Phi) is 5.74. The molecule has 0 aliphatic heterocycles. The van der Waals surface area contributed by atoms with E-state index >= 15 is 0 Å². The van der Waals surface area contributed by atoms with Crippen molar-refractivity contribution in [2.75, 3.05) is 13.1 Å². The van der Waals surface area contributed by atoms with Crippen LogP contribution in [-0.2, 0) is 0 Å². The van der Waals surface area contributed by atoms with Gasteiger partial charge in [-0.3, -0.25) is 4.90 Å². The second kappa shape index (κ2) is 7.08. The first-order valence-electron chi connectivity index (χ1n) is 5.57. The fourth-order valence-corrected chi connectivity index (χ4v) is 1.79. The third kappa shape index (κ3) is 3.51. The summed E-state index contributed by atoms with van der Waals surface area (Å²) in [6.45, 7) is 7.85. The van der Waals surface area contributed by atoms with E-state index in [4.69, 9.17) is 4.42 Å². The molecule has 0 aliphatic carbocycles. The third-order valence-electron chi connectivity index (χ3n) is 2.54. The highest BCUT2D eigenvalue weighted by Gasteiger charge is 2.34. The van der Waals surface area contributed by atoms with Gasteiger partial charge in [0.15, 0.2) is 0 Å². The number of hydrogen-bond donors (Lipinski definition) is 1. The van der Waals surface area contributed by atoms with Gasteiger partial charge in [0.1, 0.15) is 17.9 Å². The van der Waals surface area contributed by atoms with Crippen LogP contribution in [0.25, 0.3) is 0 Å². The zero-order chi connectivity index (χ0) is 13.5. The van der Waals surface area contributed by atoms with Crippen molar-refractivity contribution in [1.82, 2.24) is 4.90 Å². The smallest absolute Gasteiger partial charge is 0.266 e. The molecule has 2 atom stereocenters. The van der Waals surface area contributed by atoms with Crippen molar-refractivity contribution >= 4 is 0 Å². The predicted molar refractivity (Wildman–Crippen MR) is 65.4 cm³/mol. The molecule has 1 aromatic heterocycles. The first kappa shape index (κ1) is 14.6. The highest BCUT2D eigenvalue weighted by atomic mass is 19.3. The summed E-state index contributed by atoms with van der Waals surface area (Å²) in [4.78, 5) is 1.62. The predicted octanol–water partition coefficient (Wildman–Crippen LogP) is 2.62. The molecule has 0 spiro atoms. The Bertz CT molecular complexity index is 355. The lowest BCUT2D eigenvalue weighted by Crippen LogP contribution is -2.40. The molecule has 100 valence electrons. The summed E-state index contributed by atoms with van der Waals surface area (Å²) in [5.74, 6) is 0.298. The second-order valence-corrected chi connectivity index (χ2v) is 3.82. The summed E-state index contributed by atoms with van der Waals surface area (Å²) in [6.07, 6.45) is -0.122. The number of nitrogens with zero attached hydrogens (tertiary/aromatic N) is 1. The van der Waals surface area contributed by atoms with E-state index in [1.54, 1.807) is 29.2 Å². The minimum atomic E-state index is -2.85. The molecule has 5 heteroatoms. The number of rotatable bonds is 8. The average Bonchev–Trinajstić information content (AvgIpc) is 2.83. The molecule has 1 heterocycles. The molecule has 0 saturated heterocycles. The highest BCUT2D eigenvalue weighted by Crippen LogP contribution is 2.28. The van der Waals surface area contributed by atoms with Crippen LogP contribution in [0.5, 0.6) is 0 Å². The Morgan fingerprint density at radius 2 is 1.94 bits per heavy atom. The first-order valence-corrected chi connectivity index (χ1v) is 5.57. The van der Waals surface area contributed by atoms with Gasteiger partial charge in [0, 0.05) is 13.1 Å². The van der Waals surface area contributed by atoms with E-state index in [0.29, 0.717) is 18.8 Å². The maximum Gasteiger partial charge on any atom is 0.266 e. The van der Waals surface area contributed by atoms with Crippen molar-refractivity contribution in [2.45, 2.75) is 18.6 Å². The largest absolute Gasteiger partial charge is 0.468 e. The normalized spacial score (nSPS) is 14.7. The van der Waals surface area contributed by atoms with E-state index in [2.05, 4.69) is 13.2 Å². The SMILES string of the molecule is C=CCN(CC=C)[C@H](c1ccco1)[C@@H](O)C(F)F. The van der Waals surface area contributed by atoms with Gasteiger partial charge in [-0.1, -0.05) is 12.2 Å². The van der Waals surface area contributed by atoms with Crippen molar-refractivity contribution < 1.29 is 18.3 Å². The molecule has 18 heavy (non-hydrogen) atoms. The molecule has 0 bridgehead atoms. The Balaban J connectivity index is 3.01. The molecule has 0 amide bonds. The van der Waals surface area contributed by atoms with Crippen LogP contribution in [0.1, 0.15) is 11.8 Å². The lowest BCUT2D eigenvalue weighted by Gasteiger charge is -2.31. The first-order chi connectivity index (χ1) is 8.61. The standard InChI is InChI=1S/C13H17F2NO2/c1-3-7-16(8-4-2)11(12(17)13(14)15)10-6-5-9-18-10/h3-6,9,11-13,17H,1-2,7-8H2/t11-,12-/m1/s1. The molecule has 0 aromatic carbocycles. The van der Waals surface area contributed by atoms with Crippen LogP contribution in [0.15, 0.2) is 48.1 Å². The third-order valence-corrected chi connectivity index (χ3v) is 2.54. The molecule has 0 aliphatic rings. The lowest BCUT2D eigenvalue weighted by atomic mass is 10.1. The van der Waals surface area contributed by atoms with E-state index in [1.165, 1.54) is 6.26 Å². The number of aliphatic hydroxyl groups is 1. The summed E-state index contributed by atoms with van der Waals surface area (Å²) in [7, 11) is 0. The molecule has 0 fully saturated rings. The van der Waals surface area contributed by atoms with E-state index in [-0.39, 0.29) is 0 Å². The van der Waals surface area contributed by atoms with Gasteiger partial charge in [-0.25, -0.2) is 8.78 Å². The molecular weight excluding hydrogens is 240 g/mol. The van der Waals surface area contributed by atoms with Crippen molar-refractivity contribution in [3.8, 4) is 0 Å². The van der Waals surface area contributed by atoms with Gasteiger partial charge < -0.3 is 9.52 Å². The topological polar surface area (TPSA) is 36.6 Å². The van der Waals surface area contributed by atoms with Crippen LogP contribution in [0.2, 0.25) is 0 Å². The molecule has 3 nitrogen and oxygen atoms in total. The minimum absolute atomic E-state index is 0.298. The number of aliphatic hydroxyl groups excluding tert-OH is 1. The van der Waals surface area contributed by atoms with Crippen LogP contribution in [0, 0.1) is 0 Å². The minimum Gasteiger partial charge on any atom is -0.468 e. The summed E-state index contributed by atoms with van der Waals surface area (Å²) in [6, 6.07) is 2.24. The van der Waals surface area contributed by atoms with Gasteiger partial charge in [0.2, 0.25) is 0 Å². The van der Waals surface area contributed by atoms with E-state index in [0.717, 1.165) is 0 Å². The monoisotopic (exact) mass is 257 g/mol. The van der Waals surface area contributed by atoms with Crippen LogP contribution >= 0.6 is 0 Å². The fraction of sp³-hybridized carbons (Fsp3) is 0.385. The van der Waals surface area contributed by atoms with Crippen molar-refractivity contribution in [3.05, 3.63) is 49.5 Å². The van der Waals surface area contributed by atoms with Crippen LogP contribution in [0.3, 0.4) is 0 Å². The number of halogens is 2. The van der Waals surface area contributed by atoms with Gasteiger partial charge in [0.25, 0.3) is 6.43 Å². The summed E-state index contributed by atoms with van der Waals surface area (Å²) in [5, 5.41) is 9.66. The second-order valence-electron chi connectivity index (χ2n) is 3.82. The molecule has 0 saturated carbocycles. The van der Waals surface area contributed by atoms with Crippen LogP contribution in [-0.4, -0.2) is 35.6 Å². The molecule has 0 radical (unpaired) electrons. The van der Waals surface area contributed by atoms with Gasteiger partial charge in [-0.05, 0) is 12.1 Å². The van der Waals surface area contributed by atoms with Gasteiger partial charge in [0.05, 0.1) is 6.26 Å². The molecule has 1 aromatic rings. The van der Waals surface area contributed by atoms with E-state index in [1.807, 2.05) is 0 Å². The molecule has 0 unspecified atom stereocenters. The zero-order valence-corrected chi connectivity index (χ0v) is 10.0. The van der Waals surface area contributed by atoms with Crippen molar-refractivity contribution in [2.24, 2.45) is 0 Å². The fourth-order valence-electron chi connectivity index (χ4n) is 1.79. The Morgan fingerprint density at radius 1 is 1.33 bits per heavy atom. The van der Waals surface area contributed by atoms with Crippen molar-refractivity contribution in [1.29, 1.82) is 0 Å². The summed E-state index contributed by atoms with van der Waals surface area (Å²) >= 11 is 0. The Labute approximate surface area is 105 Å². The number of hydrogen-bond acceptors (Lipinski definition) is 3. The quantitative estimate of drug-likeness (QED) is 0.727. The molecule has 1 N–H and O–H groups in total. The van der Waals surface area contributed by atoms with E-state index in [9.17, 15) is 13.9 Å². The van der Waals surface area contributed by atoms with E-state index < -0.39 is 18.6 Å². The molecule has 1 rings (SSSR count). The maximum atomic E-state index is 12.7. The zero-order valence-electron chi connectivity index (χ0n) is 10.0. The highest BCUT2D eigenvalue weighted by molar-refractivity contribution is 5.08. The molecular formula is C13H17F2NO2. The van der Waals surface area contributed by atoms with Gasteiger partial charge >= 0.3 is 0 Å². The average molecular weight is 257 g/mol. The summed E-state index contributed by atoms with van der Waals surface area (Å²) in [5.41, 5.74) is 0. The van der Waals surface area contributed by atoms with Crippen LogP contribution in [0.4, 0.5) is 8.78 Å². The Hall–Kier alpha value is -1.46. The van der Waals surface area contributed by atoms with Gasteiger partial charge in [-0.2, -0.15) is 0 Å². The number of furan rings is 1. The van der Waals surface area contributed by atoms with Gasteiger partial charge in [-0.15, -0.1) is 13.2 Å². The Morgan fingerprint density at radius 3 is 2.33 bits per heavy atom. The lowest BCUT2D eigenvalue weighted by molar-refractivity contribution is -0.0593. The number of alkyl halides is 2. The van der Waals surface area contributed by atoms with Crippen molar-refractivity contribution in [3.63, 3.8) is 0 Å².